The van der Waals surface area contributed by atoms with Crippen LogP contribution in [0.2, 0.25) is 5.02 Å². The highest BCUT2D eigenvalue weighted by atomic mass is 35.5. The topological polar surface area (TPSA) is 55.8 Å². The van der Waals surface area contributed by atoms with Crippen molar-refractivity contribution in [2.45, 2.75) is 6.10 Å². The zero-order valence-electron chi connectivity index (χ0n) is 10.4. The fourth-order valence-electron chi connectivity index (χ4n) is 2.00. The first-order chi connectivity index (χ1) is 9.65. The summed E-state index contributed by atoms with van der Waals surface area (Å²) in [5.41, 5.74) is 0.869. The van der Waals surface area contributed by atoms with E-state index in [1.807, 2.05) is 0 Å². The summed E-state index contributed by atoms with van der Waals surface area (Å²) >= 11 is 5.78. The second kappa shape index (κ2) is 5.15. The summed E-state index contributed by atoms with van der Waals surface area (Å²) in [5, 5.41) is 10.7. The molecule has 1 heterocycles. The van der Waals surface area contributed by atoms with Gasteiger partial charge in [-0.2, -0.15) is 0 Å². The number of aliphatic hydroxyl groups is 1. The van der Waals surface area contributed by atoms with Crippen LogP contribution in [-0.2, 0) is 0 Å². The highest BCUT2D eigenvalue weighted by Gasteiger charge is 2.22. The quantitative estimate of drug-likeness (QED) is 0.883. The molecule has 20 heavy (non-hydrogen) atoms. The van der Waals surface area contributed by atoms with Gasteiger partial charge in [-0.3, -0.25) is 4.79 Å². The molecule has 0 bridgehead atoms. The number of Topliss-reactive ketones (excluding diaryl/α,β-unsaturated/α-hetero) is 1. The molecule has 5 heteroatoms. The normalized spacial score (nSPS) is 14.1. The average molecular weight is 291 g/mol. The fourth-order valence-corrected chi connectivity index (χ4v) is 2.13. The number of ether oxygens (including phenoxy) is 2. The second-order valence-corrected chi connectivity index (χ2v) is 4.82. The molecule has 1 atom stereocenters. The van der Waals surface area contributed by atoms with E-state index in [0.29, 0.717) is 27.6 Å². The van der Waals surface area contributed by atoms with Gasteiger partial charge in [0.15, 0.2) is 17.3 Å². The maximum atomic E-state index is 12.3. The number of benzene rings is 2. The van der Waals surface area contributed by atoms with Gasteiger partial charge in [0.2, 0.25) is 6.79 Å². The average Bonchev–Trinajstić information content (AvgIpc) is 2.94. The molecule has 0 aliphatic carbocycles. The van der Waals surface area contributed by atoms with Crippen LogP contribution < -0.4 is 9.47 Å². The van der Waals surface area contributed by atoms with Crippen molar-refractivity contribution in [1.82, 2.24) is 0 Å². The zero-order valence-corrected chi connectivity index (χ0v) is 11.1. The molecule has 4 nitrogen and oxygen atoms in total. The standard InChI is InChI=1S/C15H11ClO4/c16-11-4-1-9(2-5-11)14(17)15(18)10-3-6-12-13(7-10)20-8-19-12/h1-7,14,17H,8H2/t14-/m1/s1. The Kier molecular flexibility index (Phi) is 3.34. The van der Waals surface area contributed by atoms with E-state index in [-0.39, 0.29) is 6.79 Å². The first-order valence-electron chi connectivity index (χ1n) is 6.02. The smallest absolute Gasteiger partial charge is 0.231 e. The lowest BCUT2D eigenvalue weighted by Gasteiger charge is -2.10. The van der Waals surface area contributed by atoms with Crippen LogP contribution in [0, 0.1) is 0 Å². The van der Waals surface area contributed by atoms with Crippen molar-refractivity contribution in [3.63, 3.8) is 0 Å². The summed E-state index contributed by atoms with van der Waals surface area (Å²) in [4.78, 5) is 12.3. The molecule has 0 radical (unpaired) electrons. The first-order valence-corrected chi connectivity index (χ1v) is 6.40. The monoisotopic (exact) mass is 290 g/mol. The van der Waals surface area contributed by atoms with Crippen LogP contribution in [0.4, 0.5) is 0 Å². The van der Waals surface area contributed by atoms with E-state index in [1.165, 1.54) is 0 Å². The van der Waals surface area contributed by atoms with Crippen LogP contribution in [-0.4, -0.2) is 17.7 Å². The molecule has 0 amide bonds. The van der Waals surface area contributed by atoms with Gasteiger partial charge in [-0.1, -0.05) is 23.7 Å². The Hall–Kier alpha value is -2.04. The minimum Gasteiger partial charge on any atom is -0.454 e. The Bertz CT molecular complexity index is 651. The van der Waals surface area contributed by atoms with E-state index in [4.69, 9.17) is 21.1 Å². The van der Waals surface area contributed by atoms with E-state index in [2.05, 4.69) is 0 Å². The first kappa shape index (κ1) is 13.0. The van der Waals surface area contributed by atoms with Crippen LogP contribution in [0.5, 0.6) is 11.5 Å². The molecule has 0 aromatic heterocycles. The number of carbonyl (C=O) groups is 1. The largest absolute Gasteiger partial charge is 0.454 e. The number of rotatable bonds is 3. The van der Waals surface area contributed by atoms with Crippen molar-refractivity contribution < 1.29 is 19.4 Å². The lowest BCUT2D eigenvalue weighted by atomic mass is 10.00. The molecule has 102 valence electrons. The van der Waals surface area contributed by atoms with Crippen LogP contribution in [0.3, 0.4) is 0 Å². The van der Waals surface area contributed by atoms with Crippen molar-refractivity contribution in [3.05, 3.63) is 58.6 Å². The number of fused-ring (bicyclic) bond motifs is 1. The molecule has 0 unspecified atom stereocenters. The molecular weight excluding hydrogens is 280 g/mol. The Balaban J connectivity index is 1.86. The molecule has 1 aliphatic heterocycles. The van der Waals surface area contributed by atoms with E-state index >= 15 is 0 Å². The minimum atomic E-state index is -1.23. The second-order valence-electron chi connectivity index (χ2n) is 4.39. The Labute approximate surface area is 120 Å². The van der Waals surface area contributed by atoms with Crippen LogP contribution in [0.25, 0.3) is 0 Å². The molecule has 1 aliphatic rings. The van der Waals surface area contributed by atoms with Crippen LogP contribution >= 0.6 is 11.6 Å². The van der Waals surface area contributed by atoms with Crippen molar-refractivity contribution in [2.24, 2.45) is 0 Å². The summed E-state index contributed by atoms with van der Waals surface area (Å²) < 4.78 is 10.4. The fraction of sp³-hybridized carbons (Fsp3) is 0.133. The number of hydrogen-bond acceptors (Lipinski definition) is 4. The summed E-state index contributed by atoms with van der Waals surface area (Å²) in [6.45, 7) is 0.146. The third-order valence-corrected chi connectivity index (χ3v) is 3.34. The van der Waals surface area contributed by atoms with E-state index in [1.54, 1.807) is 42.5 Å². The summed E-state index contributed by atoms with van der Waals surface area (Å²) in [7, 11) is 0. The Morgan fingerprint density at radius 2 is 1.80 bits per heavy atom. The van der Waals surface area contributed by atoms with E-state index in [9.17, 15) is 9.90 Å². The highest BCUT2D eigenvalue weighted by molar-refractivity contribution is 6.30. The number of ketones is 1. The third kappa shape index (κ3) is 2.35. The van der Waals surface area contributed by atoms with Gasteiger partial charge in [0.1, 0.15) is 6.10 Å². The summed E-state index contributed by atoms with van der Waals surface area (Å²) in [5.74, 6) is 0.715. The van der Waals surface area contributed by atoms with Crippen molar-refractivity contribution in [2.75, 3.05) is 6.79 Å². The molecular formula is C15H11ClO4. The molecule has 0 fully saturated rings. The molecule has 2 aromatic rings. The van der Waals surface area contributed by atoms with Crippen molar-refractivity contribution in [1.29, 1.82) is 0 Å². The van der Waals surface area contributed by atoms with Gasteiger partial charge < -0.3 is 14.6 Å². The number of halogens is 1. The number of aliphatic hydroxyl groups excluding tert-OH is 1. The Morgan fingerprint density at radius 3 is 2.55 bits per heavy atom. The van der Waals surface area contributed by atoms with Gasteiger partial charge in [-0.05, 0) is 35.9 Å². The molecule has 0 spiro atoms. The maximum Gasteiger partial charge on any atom is 0.231 e. The van der Waals surface area contributed by atoms with Crippen molar-refractivity contribution >= 4 is 17.4 Å². The number of carbonyl (C=O) groups excluding carboxylic acids is 1. The third-order valence-electron chi connectivity index (χ3n) is 3.09. The van der Waals surface area contributed by atoms with Gasteiger partial charge >= 0.3 is 0 Å². The maximum absolute atomic E-state index is 12.3. The lowest BCUT2D eigenvalue weighted by molar-refractivity contribution is 0.0747. The Morgan fingerprint density at radius 1 is 1.10 bits per heavy atom. The number of hydrogen-bond donors (Lipinski definition) is 1. The highest BCUT2D eigenvalue weighted by Crippen LogP contribution is 2.33. The lowest BCUT2D eigenvalue weighted by Crippen LogP contribution is -2.12. The van der Waals surface area contributed by atoms with E-state index in [0.717, 1.165) is 0 Å². The van der Waals surface area contributed by atoms with Crippen LogP contribution in [0.1, 0.15) is 22.0 Å². The zero-order chi connectivity index (χ0) is 14.1. The summed E-state index contributed by atoms with van der Waals surface area (Å²) in [6, 6.07) is 11.3. The molecule has 1 N–H and O–H groups in total. The SMILES string of the molecule is O=C(c1ccc2c(c1)OCO2)[C@H](O)c1ccc(Cl)cc1. The molecule has 2 aromatic carbocycles. The predicted octanol–water partition coefficient (Wildman–Crippen LogP) is 2.99. The van der Waals surface area contributed by atoms with Gasteiger partial charge in [-0.25, -0.2) is 0 Å². The van der Waals surface area contributed by atoms with Gasteiger partial charge in [0, 0.05) is 10.6 Å². The van der Waals surface area contributed by atoms with Crippen molar-refractivity contribution in [3.8, 4) is 11.5 Å². The minimum absolute atomic E-state index is 0.146. The van der Waals surface area contributed by atoms with Crippen LogP contribution in [0.15, 0.2) is 42.5 Å². The molecule has 0 saturated carbocycles. The van der Waals surface area contributed by atoms with Gasteiger partial charge in [-0.15, -0.1) is 0 Å². The predicted molar refractivity (Wildman–Crippen MR) is 73.3 cm³/mol. The molecule has 0 saturated heterocycles. The van der Waals surface area contributed by atoms with E-state index < -0.39 is 11.9 Å². The summed E-state index contributed by atoms with van der Waals surface area (Å²) in [6.07, 6.45) is -1.23. The van der Waals surface area contributed by atoms with Gasteiger partial charge in [0.05, 0.1) is 0 Å². The molecule has 3 rings (SSSR count). The van der Waals surface area contributed by atoms with Gasteiger partial charge in [0.25, 0.3) is 0 Å².